The lowest BCUT2D eigenvalue weighted by atomic mass is 10.1. The first-order valence-electron chi connectivity index (χ1n) is 8.23. The van der Waals surface area contributed by atoms with Gasteiger partial charge in [0.25, 0.3) is 0 Å². The molecule has 1 fully saturated rings. The number of methoxy groups -OCH3 is 1. The zero-order valence-corrected chi connectivity index (χ0v) is 15.4. The quantitative estimate of drug-likeness (QED) is 0.891. The number of carbonyl (C=O) groups is 2. The van der Waals surface area contributed by atoms with Gasteiger partial charge in [0.1, 0.15) is 5.75 Å². The zero-order chi connectivity index (χ0) is 18.0. The number of aromatic nitrogens is 1. The molecule has 2 amide bonds. The van der Waals surface area contributed by atoms with Crippen molar-refractivity contribution < 1.29 is 14.3 Å². The Bertz CT molecular complexity index is 785. The number of benzene rings is 1. The Morgan fingerprint density at radius 1 is 1.40 bits per heavy atom. The summed E-state index contributed by atoms with van der Waals surface area (Å²) in [5.41, 5.74) is 1.78. The average molecular weight is 359 g/mol. The Balaban J connectivity index is 1.67. The molecule has 25 heavy (non-hydrogen) atoms. The number of nitrogens with one attached hydrogen (secondary N) is 1. The van der Waals surface area contributed by atoms with Crippen LogP contribution in [0.5, 0.6) is 5.75 Å². The molecular weight excluding hydrogens is 338 g/mol. The van der Waals surface area contributed by atoms with E-state index in [-0.39, 0.29) is 24.2 Å². The van der Waals surface area contributed by atoms with E-state index in [1.165, 1.54) is 11.3 Å². The largest absolute Gasteiger partial charge is 0.497 e. The molecule has 1 atom stereocenters. The minimum Gasteiger partial charge on any atom is -0.497 e. The third-order valence-corrected chi connectivity index (χ3v) is 5.27. The zero-order valence-electron chi connectivity index (χ0n) is 14.5. The fourth-order valence-corrected chi connectivity index (χ4v) is 3.82. The smallest absolute Gasteiger partial charge is 0.231 e. The third-order valence-electron chi connectivity index (χ3n) is 4.34. The topological polar surface area (TPSA) is 71.5 Å². The van der Waals surface area contributed by atoms with Crippen molar-refractivity contribution in [2.45, 2.75) is 26.7 Å². The molecule has 1 N–H and O–H groups in total. The summed E-state index contributed by atoms with van der Waals surface area (Å²) in [5.74, 6) is 0.162. The number of carbonyl (C=O) groups excluding carboxylic acids is 2. The van der Waals surface area contributed by atoms with Gasteiger partial charge < -0.3 is 15.0 Å². The molecule has 1 aromatic heterocycles. The van der Waals surface area contributed by atoms with Gasteiger partial charge in [-0.05, 0) is 37.6 Å². The van der Waals surface area contributed by atoms with Crippen molar-refractivity contribution in [3.05, 3.63) is 34.8 Å². The summed E-state index contributed by atoms with van der Waals surface area (Å²) in [6, 6.07) is 7.27. The van der Waals surface area contributed by atoms with Crippen LogP contribution in [0, 0.1) is 12.8 Å². The second-order valence-electron chi connectivity index (χ2n) is 5.97. The molecule has 7 heteroatoms. The molecule has 1 saturated heterocycles. The lowest BCUT2D eigenvalue weighted by Crippen LogP contribution is -2.28. The van der Waals surface area contributed by atoms with E-state index >= 15 is 0 Å². The lowest BCUT2D eigenvalue weighted by Gasteiger charge is -2.16. The standard InChI is InChI=1S/C18H21N3O3S/c1-4-15-11(2)25-18(19-15)20-17(23)12-9-16(22)21(10-12)13-5-7-14(24-3)8-6-13/h5-8,12H,4,9-10H2,1-3H3,(H,19,20,23)/t12-/m1/s1. The summed E-state index contributed by atoms with van der Waals surface area (Å²) in [6.07, 6.45) is 1.05. The Morgan fingerprint density at radius 3 is 2.72 bits per heavy atom. The van der Waals surface area contributed by atoms with Crippen molar-refractivity contribution in [3.8, 4) is 5.75 Å². The molecule has 0 saturated carbocycles. The van der Waals surface area contributed by atoms with Gasteiger partial charge in [0.2, 0.25) is 11.8 Å². The summed E-state index contributed by atoms with van der Waals surface area (Å²) in [5, 5.41) is 3.47. The molecule has 0 bridgehead atoms. The van der Waals surface area contributed by atoms with Gasteiger partial charge in [0.15, 0.2) is 5.13 Å². The fraction of sp³-hybridized carbons (Fsp3) is 0.389. The predicted molar refractivity (Wildman–Crippen MR) is 98.3 cm³/mol. The van der Waals surface area contributed by atoms with Gasteiger partial charge in [-0.1, -0.05) is 6.92 Å². The molecule has 3 rings (SSSR count). The summed E-state index contributed by atoms with van der Waals surface area (Å²) < 4.78 is 5.13. The van der Waals surface area contributed by atoms with Crippen LogP contribution in [0.15, 0.2) is 24.3 Å². The molecule has 2 heterocycles. The summed E-state index contributed by atoms with van der Waals surface area (Å²) in [4.78, 5) is 32.0. The molecular formula is C18H21N3O3S. The molecule has 1 aromatic carbocycles. The van der Waals surface area contributed by atoms with Gasteiger partial charge in [-0.25, -0.2) is 4.98 Å². The number of aryl methyl sites for hydroxylation is 2. The van der Waals surface area contributed by atoms with Crippen LogP contribution >= 0.6 is 11.3 Å². The van der Waals surface area contributed by atoms with Gasteiger partial charge in [0, 0.05) is 23.5 Å². The molecule has 0 radical (unpaired) electrons. The summed E-state index contributed by atoms with van der Waals surface area (Å²) >= 11 is 1.47. The van der Waals surface area contributed by atoms with Gasteiger partial charge in [-0.3, -0.25) is 9.59 Å². The number of thiazole rings is 1. The Hall–Kier alpha value is -2.41. The molecule has 1 aliphatic rings. The molecule has 0 unspecified atom stereocenters. The first-order chi connectivity index (χ1) is 12.0. The highest BCUT2D eigenvalue weighted by atomic mass is 32.1. The van der Waals surface area contributed by atoms with E-state index in [1.807, 2.05) is 26.0 Å². The van der Waals surface area contributed by atoms with Crippen LogP contribution in [-0.4, -0.2) is 30.5 Å². The highest BCUT2D eigenvalue weighted by Gasteiger charge is 2.35. The highest BCUT2D eigenvalue weighted by Crippen LogP contribution is 2.28. The van der Waals surface area contributed by atoms with Crippen LogP contribution in [0.4, 0.5) is 10.8 Å². The minimum absolute atomic E-state index is 0.0464. The van der Waals surface area contributed by atoms with E-state index in [4.69, 9.17) is 4.74 Å². The minimum atomic E-state index is -0.371. The van der Waals surface area contributed by atoms with Gasteiger partial charge in [0.05, 0.1) is 18.7 Å². The van der Waals surface area contributed by atoms with Crippen LogP contribution in [0.3, 0.4) is 0 Å². The first-order valence-corrected chi connectivity index (χ1v) is 9.05. The van der Waals surface area contributed by atoms with Crippen molar-refractivity contribution >= 4 is 34.0 Å². The second-order valence-corrected chi connectivity index (χ2v) is 7.17. The highest BCUT2D eigenvalue weighted by molar-refractivity contribution is 7.15. The van der Waals surface area contributed by atoms with Gasteiger partial charge in [-0.2, -0.15) is 0 Å². The summed E-state index contributed by atoms with van der Waals surface area (Å²) in [7, 11) is 1.60. The molecule has 1 aliphatic heterocycles. The van der Waals surface area contributed by atoms with Crippen LogP contribution < -0.4 is 15.0 Å². The maximum Gasteiger partial charge on any atom is 0.231 e. The van der Waals surface area contributed by atoms with E-state index in [2.05, 4.69) is 10.3 Å². The van der Waals surface area contributed by atoms with Crippen molar-refractivity contribution in [1.82, 2.24) is 4.98 Å². The Morgan fingerprint density at radius 2 is 2.12 bits per heavy atom. The molecule has 132 valence electrons. The van der Waals surface area contributed by atoms with E-state index in [0.29, 0.717) is 11.7 Å². The second kappa shape index (κ2) is 7.23. The van der Waals surface area contributed by atoms with Crippen LogP contribution in [-0.2, 0) is 16.0 Å². The Kier molecular flexibility index (Phi) is 5.03. The average Bonchev–Trinajstić information content (AvgIpc) is 3.17. The predicted octanol–water partition coefficient (Wildman–Crippen LogP) is 3.01. The number of rotatable bonds is 5. The van der Waals surface area contributed by atoms with Gasteiger partial charge in [-0.15, -0.1) is 11.3 Å². The van der Waals surface area contributed by atoms with Crippen molar-refractivity contribution in [2.24, 2.45) is 5.92 Å². The maximum absolute atomic E-state index is 12.5. The normalized spacial score (nSPS) is 17.0. The molecule has 0 spiro atoms. The molecule has 0 aliphatic carbocycles. The lowest BCUT2D eigenvalue weighted by molar-refractivity contribution is -0.122. The van der Waals surface area contributed by atoms with Crippen LogP contribution in [0.1, 0.15) is 23.9 Å². The maximum atomic E-state index is 12.5. The SMILES string of the molecule is CCc1nc(NC(=O)[C@@H]2CC(=O)N(c3ccc(OC)cc3)C2)sc1C. The van der Waals surface area contributed by atoms with E-state index in [1.54, 1.807) is 24.1 Å². The van der Waals surface area contributed by atoms with E-state index < -0.39 is 0 Å². The van der Waals surface area contributed by atoms with E-state index in [0.717, 1.165) is 28.4 Å². The Labute approximate surface area is 150 Å². The third kappa shape index (κ3) is 3.66. The monoisotopic (exact) mass is 359 g/mol. The number of anilines is 2. The number of hydrogen-bond acceptors (Lipinski definition) is 5. The van der Waals surface area contributed by atoms with Crippen LogP contribution in [0.25, 0.3) is 0 Å². The van der Waals surface area contributed by atoms with Crippen molar-refractivity contribution in [2.75, 3.05) is 23.9 Å². The number of hydrogen-bond donors (Lipinski definition) is 1. The van der Waals surface area contributed by atoms with E-state index in [9.17, 15) is 9.59 Å². The number of amides is 2. The molecule has 2 aromatic rings. The number of ether oxygens (including phenoxy) is 1. The summed E-state index contributed by atoms with van der Waals surface area (Å²) in [6.45, 7) is 4.41. The molecule has 6 nitrogen and oxygen atoms in total. The van der Waals surface area contributed by atoms with Crippen molar-refractivity contribution in [1.29, 1.82) is 0 Å². The first kappa shape index (κ1) is 17.4. The number of nitrogens with zero attached hydrogens (tertiary/aromatic N) is 2. The van der Waals surface area contributed by atoms with Gasteiger partial charge >= 0.3 is 0 Å². The van der Waals surface area contributed by atoms with Crippen LogP contribution in [0.2, 0.25) is 0 Å². The van der Waals surface area contributed by atoms with Crippen molar-refractivity contribution in [3.63, 3.8) is 0 Å². The fourth-order valence-electron chi connectivity index (χ4n) is 2.91.